The molecule has 18 heteroatoms. The van der Waals surface area contributed by atoms with Gasteiger partial charge in [-0.1, -0.05) is 65.8 Å². The molecule has 0 radical (unpaired) electrons. The number of fused-ring (bicyclic) bond motifs is 5. The van der Waals surface area contributed by atoms with Crippen molar-refractivity contribution in [2.45, 2.75) is 173 Å². The number of amides is 1. The van der Waals surface area contributed by atoms with Gasteiger partial charge in [0.25, 0.3) is 0 Å². The number of rotatable bonds is 17. The minimum Gasteiger partial charge on any atom is -0.467 e. The molecule has 3 aliphatic carbocycles. The predicted octanol–water partition coefficient (Wildman–Crippen LogP) is 8.76. The summed E-state index contributed by atoms with van der Waals surface area (Å²) in [5, 5.41) is 16.1. The van der Waals surface area contributed by atoms with Gasteiger partial charge in [0, 0.05) is 24.7 Å². The molecule has 2 heterocycles. The first-order valence-corrected chi connectivity index (χ1v) is 26.4. The van der Waals surface area contributed by atoms with Crippen molar-refractivity contribution in [3.8, 4) is 0 Å². The first-order valence-electron chi connectivity index (χ1n) is 23.9. The van der Waals surface area contributed by atoms with E-state index in [0.29, 0.717) is 18.1 Å². The van der Waals surface area contributed by atoms with E-state index in [1.54, 1.807) is 45.9 Å². The Bertz CT molecular complexity index is 2270. The van der Waals surface area contributed by atoms with Crippen LogP contribution in [0.5, 0.6) is 0 Å². The van der Waals surface area contributed by atoms with Crippen LogP contribution < -0.4 is 5.32 Å². The maximum atomic E-state index is 16.9. The normalized spacial score (nSPS) is 30.3. The van der Waals surface area contributed by atoms with Crippen LogP contribution in [-0.4, -0.2) is 110 Å². The van der Waals surface area contributed by atoms with Crippen LogP contribution in [-0.2, 0) is 47.2 Å². The van der Waals surface area contributed by atoms with Crippen LogP contribution in [0.3, 0.4) is 0 Å². The highest BCUT2D eigenvalue weighted by molar-refractivity contribution is 6.73. The van der Waals surface area contributed by atoms with Crippen molar-refractivity contribution in [1.29, 1.82) is 0 Å². The fourth-order valence-corrected chi connectivity index (χ4v) is 14.0. The van der Waals surface area contributed by atoms with Crippen molar-refractivity contribution in [1.82, 2.24) is 5.32 Å². The van der Waals surface area contributed by atoms with Crippen molar-refractivity contribution in [3.05, 3.63) is 83.9 Å². The third-order valence-corrected chi connectivity index (χ3v) is 19.9. The Morgan fingerprint density at radius 3 is 2.19 bits per heavy atom. The zero-order valence-electron chi connectivity index (χ0n) is 41.6. The quantitative estimate of drug-likeness (QED) is 0.0661. The molecule has 15 nitrogen and oxygen atoms in total. The number of alkyl carbamates (subject to hydrolysis) is 1. The smallest absolute Gasteiger partial charge is 0.408 e. The summed E-state index contributed by atoms with van der Waals surface area (Å²) in [6.45, 7) is 22.0. The number of carbonyl (C=O) groups excluding carboxylic acids is 5. The van der Waals surface area contributed by atoms with Gasteiger partial charge in [-0.25, -0.2) is 14.4 Å². The number of Topliss-reactive ketones (excluding diaryl/α,β-unsaturated/α-hetero) is 1. The third-order valence-electron chi connectivity index (χ3n) is 15.2. The van der Waals surface area contributed by atoms with Gasteiger partial charge in [-0.2, -0.15) is 8.78 Å². The number of carbonyl (C=O) groups is 5. The van der Waals surface area contributed by atoms with E-state index in [4.69, 9.17) is 37.3 Å². The Hall–Kier alpha value is -4.75. The first kappa shape index (κ1) is 53.6. The minimum atomic E-state index is -4.55. The highest BCUT2D eigenvalue weighted by atomic mass is 28.4. The Kier molecular flexibility index (Phi) is 15.4. The second-order valence-electron chi connectivity index (χ2n) is 20.4. The molecule has 2 bridgehead atoms. The van der Waals surface area contributed by atoms with E-state index in [2.05, 4.69) is 11.9 Å². The molecule has 0 spiro atoms. The Morgan fingerprint density at radius 2 is 1.65 bits per heavy atom. The molecular weight excluding hydrogens is 917 g/mol. The molecule has 0 unspecified atom stereocenters. The van der Waals surface area contributed by atoms with Crippen molar-refractivity contribution >= 4 is 38.1 Å². The van der Waals surface area contributed by atoms with Gasteiger partial charge in [0.05, 0.1) is 42.5 Å². The summed E-state index contributed by atoms with van der Waals surface area (Å²) < 4.78 is 83.3. The monoisotopic (exact) mass is 985 g/mol. The van der Waals surface area contributed by atoms with Gasteiger partial charge in [0.1, 0.15) is 41.4 Å². The molecule has 2 saturated carbocycles. The van der Waals surface area contributed by atoms with E-state index in [-0.39, 0.29) is 42.8 Å². The Balaban J connectivity index is 1.62. The van der Waals surface area contributed by atoms with Crippen molar-refractivity contribution in [2.75, 3.05) is 13.2 Å². The molecule has 1 amide bonds. The second-order valence-corrected chi connectivity index (χ2v) is 25.2. The summed E-state index contributed by atoms with van der Waals surface area (Å²) in [4.78, 5) is 72.0. The van der Waals surface area contributed by atoms with E-state index in [9.17, 15) is 24.3 Å². The zero-order chi connectivity index (χ0) is 51.1. The van der Waals surface area contributed by atoms with E-state index in [1.165, 1.54) is 52.0 Å². The third kappa shape index (κ3) is 9.47. The number of alkyl halides is 2. The lowest BCUT2D eigenvalue weighted by Crippen LogP contribution is -2.82. The van der Waals surface area contributed by atoms with Gasteiger partial charge in [0.15, 0.2) is 25.7 Å². The van der Waals surface area contributed by atoms with Crippen LogP contribution in [0.25, 0.3) is 0 Å². The number of ether oxygens (including phenoxy) is 6. The molecule has 1 aromatic heterocycles. The first-order chi connectivity index (χ1) is 32.3. The average molecular weight is 986 g/mol. The predicted molar refractivity (Wildman–Crippen MR) is 249 cm³/mol. The average Bonchev–Trinajstić information content (AvgIpc) is 3.83. The number of nitrogens with one attached hydrogen (secondary N) is 1. The summed E-state index contributed by atoms with van der Waals surface area (Å²) in [6, 6.07) is 10.00. The van der Waals surface area contributed by atoms with E-state index >= 15 is 13.6 Å². The molecule has 10 atom stereocenters. The van der Waals surface area contributed by atoms with Crippen LogP contribution in [0.15, 0.2) is 76.9 Å². The topological polar surface area (TPSA) is 195 Å². The number of benzene rings is 1. The van der Waals surface area contributed by atoms with E-state index in [0.717, 1.165) is 12.3 Å². The standard InChI is InChI=1S/C51H69F2NO14Si/c1-13-25-62-38-37-30(6)33(64-44(58)51(52,53)40(32-24-21-26-61-32)54-45(59)67-46(7,8)9)28-50(60,47(37,10)11)42(65-43(57)31-22-19-18-20-23-31)39-48(12,41(38)56)34(68-69(15-3,16-4)17-5)27-35-49(39,29-63-35)66-36(55)14-2/h13,18-24,26,33-35,38-40,42,60H,1,14-17,25,27-29H2,2-12H3,(H,54,59)/t33-,34-,35+,38+,39-,40-,42-,48+,49-,50+/m0/s1. The van der Waals surface area contributed by atoms with Crippen LogP contribution in [0, 0.1) is 16.7 Å². The zero-order valence-corrected chi connectivity index (χ0v) is 42.6. The highest BCUT2D eigenvalue weighted by Crippen LogP contribution is 2.65. The minimum absolute atomic E-state index is 0.0759. The van der Waals surface area contributed by atoms with Gasteiger partial charge < -0.3 is 47.7 Å². The molecule has 4 aliphatic rings. The largest absolute Gasteiger partial charge is 0.467 e. The molecule has 69 heavy (non-hydrogen) atoms. The SMILES string of the molecule is C=CCO[C@H]1C(=O)[C@]2(C)[C@@H](O[Si](CC)(CC)CC)C[C@H]3OC[C@@]3(OC(=O)CC)[C@H]2[C@H](OC(=O)c2ccccc2)[C@]2(O)C[C@H](OC(=O)C(F)(F)[C@@H](NC(=O)OC(C)(C)C)c3ccco3)C(C)=C1C2(C)C. The van der Waals surface area contributed by atoms with Gasteiger partial charge in [-0.05, 0) is 88.2 Å². The summed E-state index contributed by atoms with van der Waals surface area (Å²) in [5.74, 6) is -10.8. The highest BCUT2D eigenvalue weighted by Gasteiger charge is 2.79. The molecule has 1 aliphatic heterocycles. The lowest BCUT2D eigenvalue weighted by atomic mass is 9.44. The van der Waals surface area contributed by atoms with Gasteiger partial charge in [-0.3, -0.25) is 9.59 Å². The van der Waals surface area contributed by atoms with Gasteiger partial charge in [0.2, 0.25) is 0 Å². The van der Waals surface area contributed by atoms with E-state index in [1.807, 2.05) is 20.8 Å². The van der Waals surface area contributed by atoms with Crippen LogP contribution in [0.2, 0.25) is 18.1 Å². The summed E-state index contributed by atoms with van der Waals surface area (Å²) in [6.07, 6.45) is -6.49. The molecule has 3 fully saturated rings. The van der Waals surface area contributed by atoms with Gasteiger partial charge in [-0.15, -0.1) is 6.58 Å². The summed E-state index contributed by atoms with van der Waals surface area (Å²) in [5.41, 5.74) is -8.49. The van der Waals surface area contributed by atoms with Crippen LogP contribution >= 0.6 is 0 Å². The Morgan fingerprint density at radius 1 is 1.00 bits per heavy atom. The maximum absolute atomic E-state index is 16.9. The number of hydrogen-bond acceptors (Lipinski definition) is 14. The molecule has 1 saturated heterocycles. The second kappa shape index (κ2) is 19.8. The number of halogens is 2. The fourth-order valence-electron chi connectivity index (χ4n) is 11.1. The molecule has 2 N–H and O–H groups in total. The summed E-state index contributed by atoms with van der Waals surface area (Å²) >= 11 is 0. The molecule has 6 rings (SSSR count). The number of esters is 3. The lowest BCUT2D eigenvalue weighted by Gasteiger charge is -2.68. The van der Waals surface area contributed by atoms with Gasteiger partial charge >= 0.3 is 29.9 Å². The lowest BCUT2D eigenvalue weighted by molar-refractivity contribution is -0.345. The molecule has 2 aromatic rings. The number of aliphatic hydroxyl groups is 1. The number of ketones is 1. The molecular formula is C51H69F2NO14Si. The number of furan rings is 1. The summed E-state index contributed by atoms with van der Waals surface area (Å²) in [7, 11) is -2.64. The molecule has 380 valence electrons. The molecule has 1 aromatic carbocycles. The van der Waals surface area contributed by atoms with Crippen molar-refractivity contribution in [2.24, 2.45) is 16.7 Å². The van der Waals surface area contributed by atoms with Crippen molar-refractivity contribution < 1.29 is 75.1 Å². The Labute approximate surface area is 404 Å². The van der Waals surface area contributed by atoms with Crippen LogP contribution in [0.1, 0.15) is 118 Å². The number of hydrogen-bond donors (Lipinski definition) is 2. The van der Waals surface area contributed by atoms with Crippen molar-refractivity contribution in [3.63, 3.8) is 0 Å². The maximum Gasteiger partial charge on any atom is 0.408 e. The van der Waals surface area contributed by atoms with Crippen LogP contribution in [0.4, 0.5) is 13.6 Å². The van der Waals surface area contributed by atoms with E-state index < -0.39 is 126 Å². The fraction of sp³-hybridized carbons (Fsp3) is 0.627.